The molecule has 3 aromatic carbocycles. The second-order valence-electron chi connectivity index (χ2n) is 11.0. The molecular weight excluding hydrogens is 612 g/mol. The van der Waals surface area contributed by atoms with E-state index in [1.54, 1.807) is 36.4 Å². The molecule has 1 amide bonds. The Hall–Kier alpha value is -3.38. The number of ketones is 1. The molecule has 0 bridgehead atoms. The Morgan fingerprint density at radius 3 is 2.41 bits per heavy atom. The maximum absolute atomic E-state index is 15.3. The van der Waals surface area contributed by atoms with Crippen molar-refractivity contribution in [3.05, 3.63) is 106 Å². The van der Waals surface area contributed by atoms with Gasteiger partial charge in [0, 0.05) is 42.5 Å². The Bertz CT molecular complexity index is 1560. The third kappa shape index (κ3) is 8.20. The van der Waals surface area contributed by atoms with Gasteiger partial charge in [0.15, 0.2) is 5.78 Å². The van der Waals surface area contributed by atoms with Crippen LogP contribution in [0.2, 0.25) is 5.02 Å². The van der Waals surface area contributed by atoms with Gasteiger partial charge in [0.2, 0.25) is 10.0 Å². The van der Waals surface area contributed by atoms with E-state index in [9.17, 15) is 22.4 Å². The van der Waals surface area contributed by atoms with Crippen LogP contribution in [-0.2, 0) is 32.4 Å². The highest BCUT2D eigenvalue weighted by Crippen LogP contribution is 2.32. The van der Waals surface area contributed by atoms with E-state index in [2.05, 4.69) is 10.6 Å². The highest BCUT2D eigenvalue weighted by Gasteiger charge is 2.36. The summed E-state index contributed by atoms with van der Waals surface area (Å²) in [5.74, 6) is -2.37. The predicted molar refractivity (Wildman–Crippen MR) is 165 cm³/mol. The summed E-state index contributed by atoms with van der Waals surface area (Å²) in [6.45, 7) is 2.74. The molecule has 1 aliphatic heterocycles. The smallest absolute Gasteiger partial charge is 0.407 e. The van der Waals surface area contributed by atoms with Crippen molar-refractivity contribution < 1.29 is 31.5 Å². The minimum Gasteiger partial charge on any atom is -0.453 e. The number of nitrogens with zero attached hydrogens (tertiary/aromatic N) is 1. The number of piperazine rings is 1. The zero-order chi connectivity index (χ0) is 32.0. The average molecular weight is 648 g/mol. The van der Waals surface area contributed by atoms with Crippen molar-refractivity contribution in [2.45, 2.75) is 50.2 Å². The first-order valence-electron chi connectivity index (χ1n) is 14.2. The molecular formula is C32H36ClF2N3O5S. The highest BCUT2D eigenvalue weighted by atomic mass is 35.5. The molecule has 1 aliphatic rings. The number of carbonyl (C=O) groups is 2. The van der Waals surface area contributed by atoms with Crippen LogP contribution in [0, 0.1) is 11.6 Å². The van der Waals surface area contributed by atoms with Gasteiger partial charge < -0.3 is 15.4 Å². The van der Waals surface area contributed by atoms with Crippen LogP contribution in [0.4, 0.5) is 13.6 Å². The van der Waals surface area contributed by atoms with Gasteiger partial charge in [-0.15, -0.1) is 0 Å². The predicted octanol–water partition coefficient (Wildman–Crippen LogP) is 4.84. The van der Waals surface area contributed by atoms with Crippen LogP contribution < -0.4 is 10.6 Å². The summed E-state index contributed by atoms with van der Waals surface area (Å²) in [5, 5.41) is 6.23. The van der Waals surface area contributed by atoms with E-state index in [1.165, 1.54) is 48.0 Å². The molecule has 0 aliphatic carbocycles. The molecule has 0 spiro atoms. The van der Waals surface area contributed by atoms with Gasteiger partial charge in [-0.05, 0) is 72.4 Å². The van der Waals surface area contributed by atoms with Crippen molar-refractivity contribution in [3.63, 3.8) is 0 Å². The van der Waals surface area contributed by atoms with Crippen molar-refractivity contribution in [3.8, 4) is 0 Å². The average Bonchev–Trinajstić information content (AvgIpc) is 2.96. The molecule has 3 aromatic rings. The first kappa shape index (κ1) is 33.5. The summed E-state index contributed by atoms with van der Waals surface area (Å²) in [7, 11) is -2.34. The van der Waals surface area contributed by atoms with Gasteiger partial charge in [0.1, 0.15) is 17.7 Å². The number of halogens is 3. The van der Waals surface area contributed by atoms with Crippen LogP contribution in [0.5, 0.6) is 0 Å². The third-order valence-corrected chi connectivity index (χ3v) is 9.52. The van der Waals surface area contributed by atoms with E-state index in [0.29, 0.717) is 41.2 Å². The van der Waals surface area contributed by atoms with Crippen LogP contribution in [0.25, 0.3) is 0 Å². The zero-order valence-corrected chi connectivity index (χ0v) is 26.3. The van der Waals surface area contributed by atoms with Crippen molar-refractivity contribution >= 4 is 33.5 Å². The summed E-state index contributed by atoms with van der Waals surface area (Å²) in [5.41, 5.74) is 1.66. The lowest BCUT2D eigenvalue weighted by Crippen LogP contribution is -2.58. The second-order valence-corrected chi connectivity index (χ2v) is 13.3. The van der Waals surface area contributed by atoms with Gasteiger partial charge in [-0.25, -0.2) is 22.0 Å². The van der Waals surface area contributed by atoms with E-state index in [1.807, 2.05) is 6.92 Å². The van der Waals surface area contributed by atoms with Crippen LogP contribution in [0.1, 0.15) is 41.5 Å². The molecule has 12 heteroatoms. The lowest BCUT2D eigenvalue weighted by Gasteiger charge is -2.39. The Morgan fingerprint density at radius 1 is 1.07 bits per heavy atom. The number of methoxy groups -OCH3 is 1. The SMILES string of the molecule is COC(=O)N[C@H](C(=O)Cc1cccc(F)c1CC[C@H]1CNC[C@H](C)N1S(C)(=O)=O)[C@H](c1cccc(F)c1)c1cccc(Cl)c1. The van der Waals surface area contributed by atoms with Crippen molar-refractivity contribution in [2.75, 3.05) is 26.5 Å². The van der Waals surface area contributed by atoms with Crippen LogP contribution in [0.15, 0.2) is 66.7 Å². The molecule has 4 atom stereocenters. The maximum Gasteiger partial charge on any atom is 0.407 e. The number of sulfonamides is 1. The van der Waals surface area contributed by atoms with Gasteiger partial charge >= 0.3 is 6.09 Å². The number of rotatable bonds is 11. The normalized spacial score (nSPS) is 18.8. The Labute approximate surface area is 261 Å². The number of nitrogens with one attached hydrogen (secondary N) is 2. The third-order valence-electron chi connectivity index (χ3n) is 7.86. The topological polar surface area (TPSA) is 105 Å². The summed E-state index contributed by atoms with van der Waals surface area (Å²) >= 11 is 6.28. The number of Topliss-reactive ketones (excluding diaryl/α,β-unsaturated/α-hetero) is 1. The standard InChI is InChI=1S/C32H36ClF2N3O5S/c1-20-18-36-19-26(38(20)44(3,41)42)13-14-27-21(7-6-12-28(27)35)17-29(39)31(37-32(40)43-2)30(22-8-4-10-24(33)15-22)23-9-5-11-25(34)16-23/h4-12,15-16,20,26,30-31,36H,13-14,17-19H2,1-3H3,(H,37,40)/t20-,26-,30-,31+/m0/s1. The summed E-state index contributed by atoms with van der Waals surface area (Å²) in [6, 6.07) is 15.0. The van der Waals surface area contributed by atoms with E-state index >= 15 is 4.39 Å². The van der Waals surface area contributed by atoms with Crippen LogP contribution >= 0.6 is 11.6 Å². The molecule has 0 radical (unpaired) electrons. The Morgan fingerprint density at radius 2 is 1.75 bits per heavy atom. The number of ether oxygens (including phenoxy) is 1. The summed E-state index contributed by atoms with van der Waals surface area (Å²) < 4.78 is 61.1. The quantitative estimate of drug-likeness (QED) is 0.309. The van der Waals surface area contributed by atoms with Gasteiger partial charge in [0.05, 0.1) is 13.4 Å². The Kier molecular flexibility index (Phi) is 11.1. The molecule has 4 rings (SSSR count). The molecule has 236 valence electrons. The fraction of sp³-hybridized carbons (Fsp3) is 0.375. The lowest BCUT2D eigenvalue weighted by molar-refractivity contribution is -0.120. The number of benzene rings is 3. The van der Waals surface area contributed by atoms with Crippen LogP contribution in [-0.4, -0.2) is 69.2 Å². The molecule has 0 unspecified atom stereocenters. The van der Waals surface area contributed by atoms with Crippen molar-refractivity contribution in [1.29, 1.82) is 0 Å². The molecule has 44 heavy (non-hydrogen) atoms. The molecule has 1 fully saturated rings. The number of amides is 1. The largest absolute Gasteiger partial charge is 0.453 e. The fourth-order valence-corrected chi connectivity index (χ4v) is 7.64. The van der Waals surface area contributed by atoms with Gasteiger partial charge in [0.25, 0.3) is 0 Å². The summed E-state index contributed by atoms with van der Waals surface area (Å²) in [6.07, 6.45) is 0.537. The van der Waals surface area contributed by atoms with Gasteiger partial charge in [-0.1, -0.05) is 48.0 Å². The highest BCUT2D eigenvalue weighted by molar-refractivity contribution is 7.88. The van der Waals surface area contributed by atoms with Crippen molar-refractivity contribution in [2.24, 2.45) is 0 Å². The van der Waals surface area contributed by atoms with Gasteiger partial charge in [-0.2, -0.15) is 4.31 Å². The van der Waals surface area contributed by atoms with Crippen LogP contribution in [0.3, 0.4) is 0 Å². The first-order valence-corrected chi connectivity index (χ1v) is 16.4. The molecule has 2 N–H and O–H groups in total. The molecule has 0 saturated carbocycles. The van der Waals surface area contributed by atoms with Crippen molar-refractivity contribution in [1.82, 2.24) is 14.9 Å². The fourth-order valence-electron chi connectivity index (χ4n) is 6.00. The minimum atomic E-state index is -3.50. The molecule has 0 aromatic heterocycles. The first-order chi connectivity index (χ1) is 20.9. The maximum atomic E-state index is 15.3. The van der Waals surface area contributed by atoms with Gasteiger partial charge in [-0.3, -0.25) is 4.79 Å². The Balaban J connectivity index is 1.68. The zero-order valence-electron chi connectivity index (χ0n) is 24.7. The molecule has 1 heterocycles. The summed E-state index contributed by atoms with van der Waals surface area (Å²) in [4.78, 5) is 26.6. The lowest BCUT2D eigenvalue weighted by atomic mass is 9.81. The van der Waals surface area contributed by atoms with E-state index < -0.39 is 51.5 Å². The van der Waals surface area contributed by atoms with E-state index in [-0.39, 0.29) is 24.4 Å². The molecule has 1 saturated heterocycles. The molecule has 8 nitrogen and oxygen atoms in total. The van der Waals surface area contributed by atoms with E-state index in [0.717, 1.165) is 0 Å². The number of hydrogen-bond acceptors (Lipinski definition) is 6. The monoisotopic (exact) mass is 647 g/mol. The number of hydrogen-bond donors (Lipinski definition) is 2. The minimum absolute atomic E-state index is 0.178. The number of alkyl carbamates (subject to hydrolysis) is 1. The number of carbonyl (C=O) groups excluding carboxylic acids is 2. The second kappa shape index (κ2) is 14.6. The van der Waals surface area contributed by atoms with E-state index in [4.69, 9.17) is 16.3 Å².